The first-order valence-corrected chi connectivity index (χ1v) is 12.3. The maximum atomic E-state index is 13.3. The summed E-state index contributed by atoms with van der Waals surface area (Å²) in [6.45, 7) is 2.94. The minimum atomic E-state index is -1.74. The molecule has 11 nitrogen and oxygen atoms in total. The molecule has 0 fully saturated rings. The normalized spacial score (nSPS) is 18.1. The van der Waals surface area contributed by atoms with Gasteiger partial charge < -0.3 is 35.0 Å². The van der Waals surface area contributed by atoms with E-state index >= 15 is 0 Å². The molecular formula is C29H24O11. The van der Waals surface area contributed by atoms with E-state index < -0.39 is 41.3 Å². The summed E-state index contributed by atoms with van der Waals surface area (Å²) in [6, 6.07) is 9.41. The number of aromatic carboxylic acids is 1. The lowest BCUT2D eigenvalue weighted by Crippen LogP contribution is -2.33. The summed E-state index contributed by atoms with van der Waals surface area (Å²) in [5.41, 5.74) is -0.693. The second-order valence-corrected chi connectivity index (χ2v) is 10.1. The summed E-state index contributed by atoms with van der Waals surface area (Å²) in [5.74, 6) is -6.38. The zero-order valence-electron chi connectivity index (χ0n) is 21.3. The van der Waals surface area contributed by atoms with Crippen LogP contribution in [0, 0.1) is 11.8 Å². The molecule has 3 aromatic carbocycles. The fraction of sp³-hybridized carbons (Fsp3) is 0.241. The molecule has 0 aromatic heterocycles. The van der Waals surface area contributed by atoms with Crippen molar-refractivity contribution >= 4 is 23.9 Å². The van der Waals surface area contributed by atoms with E-state index in [0.29, 0.717) is 0 Å². The molecule has 2 aliphatic rings. The van der Waals surface area contributed by atoms with E-state index in [9.17, 15) is 44.7 Å². The van der Waals surface area contributed by atoms with E-state index in [1.54, 1.807) is 0 Å². The molecule has 40 heavy (non-hydrogen) atoms. The predicted molar refractivity (Wildman–Crippen MR) is 136 cm³/mol. The van der Waals surface area contributed by atoms with Crippen LogP contribution in [0.1, 0.15) is 62.4 Å². The Morgan fingerprint density at radius 2 is 1.27 bits per heavy atom. The van der Waals surface area contributed by atoms with Crippen LogP contribution in [0.3, 0.4) is 0 Å². The summed E-state index contributed by atoms with van der Waals surface area (Å²) in [7, 11) is 0. The molecule has 11 heteroatoms. The molecule has 5 N–H and O–H groups in total. The lowest BCUT2D eigenvalue weighted by molar-refractivity contribution is -0.142. The Morgan fingerprint density at radius 1 is 0.775 bits per heavy atom. The predicted octanol–water partition coefficient (Wildman–Crippen LogP) is 3.89. The summed E-state index contributed by atoms with van der Waals surface area (Å²) >= 11 is 0. The fourth-order valence-electron chi connectivity index (χ4n) is 5.17. The lowest BCUT2D eigenvalue weighted by atomic mass is 9.75. The van der Waals surface area contributed by atoms with Crippen molar-refractivity contribution in [1.82, 2.24) is 0 Å². The smallest absolute Gasteiger partial charge is 0.340 e. The average Bonchev–Trinajstić information content (AvgIpc) is 3.18. The van der Waals surface area contributed by atoms with Gasteiger partial charge in [-0.15, -0.1) is 0 Å². The van der Waals surface area contributed by atoms with Crippen molar-refractivity contribution < 1.29 is 54.2 Å². The molecule has 0 amide bonds. The number of aliphatic carboxylic acids is 2. The molecular weight excluding hydrogens is 524 g/mol. The highest BCUT2D eigenvalue weighted by atomic mass is 16.6. The number of carbonyl (C=O) groups excluding carboxylic acids is 1. The highest BCUT2D eigenvalue weighted by Gasteiger charge is 2.54. The van der Waals surface area contributed by atoms with Gasteiger partial charge in [-0.1, -0.05) is 19.9 Å². The largest absolute Gasteiger partial charge is 0.508 e. The zero-order valence-corrected chi connectivity index (χ0v) is 21.3. The van der Waals surface area contributed by atoms with E-state index in [1.165, 1.54) is 56.3 Å². The SMILES string of the molecule is CC(Cc1cc2c(cc1O)Oc1cc(O)c(CC(C)C(=O)O)cc1C21OC(=O)c2cc(C(=O)O)ccc21)C(=O)O. The number of hydrogen-bond acceptors (Lipinski definition) is 8. The van der Waals surface area contributed by atoms with Gasteiger partial charge in [0.15, 0.2) is 5.60 Å². The number of phenols is 2. The number of ether oxygens (including phenoxy) is 2. The van der Waals surface area contributed by atoms with E-state index in [1.807, 2.05) is 0 Å². The number of esters is 1. The number of fused-ring (bicyclic) bond motifs is 6. The van der Waals surface area contributed by atoms with Gasteiger partial charge in [0, 0.05) is 28.8 Å². The van der Waals surface area contributed by atoms with Gasteiger partial charge in [0.1, 0.15) is 23.0 Å². The van der Waals surface area contributed by atoms with Gasteiger partial charge in [0.25, 0.3) is 0 Å². The molecule has 2 heterocycles. The molecule has 1 spiro atoms. The molecule has 2 aliphatic heterocycles. The molecule has 206 valence electrons. The topological polar surface area (TPSA) is 188 Å². The number of benzene rings is 3. The number of carbonyl (C=O) groups is 4. The molecule has 0 radical (unpaired) electrons. The third-order valence-corrected chi connectivity index (χ3v) is 7.35. The van der Waals surface area contributed by atoms with Crippen LogP contribution in [0.4, 0.5) is 0 Å². The van der Waals surface area contributed by atoms with Gasteiger partial charge in [-0.2, -0.15) is 0 Å². The van der Waals surface area contributed by atoms with Crippen LogP contribution in [0.25, 0.3) is 0 Å². The van der Waals surface area contributed by atoms with Gasteiger partial charge in [-0.3, -0.25) is 9.59 Å². The Balaban J connectivity index is 1.80. The van der Waals surface area contributed by atoms with Crippen LogP contribution in [0.15, 0.2) is 42.5 Å². The van der Waals surface area contributed by atoms with Crippen molar-refractivity contribution in [1.29, 1.82) is 0 Å². The van der Waals surface area contributed by atoms with E-state index in [-0.39, 0.29) is 74.8 Å². The first kappa shape index (κ1) is 26.5. The van der Waals surface area contributed by atoms with E-state index in [4.69, 9.17) is 9.47 Å². The molecule has 0 saturated heterocycles. The van der Waals surface area contributed by atoms with Crippen molar-refractivity contribution in [3.8, 4) is 23.0 Å². The summed E-state index contributed by atoms with van der Waals surface area (Å²) in [5, 5.41) is 49.8. The quantitative estimate of drug-likeness (QED) is 0.269. The van der Waals surface area contributed by atoms with Gasteiger partial charge in [0.2, 0.25) is 0 Å². The Bertz CT molecular complexity index is 1540. The van der Waals surface area contributed by atoms with Gasteiger partial charge in [-0.25, -0.2) is 9.59 Å². The van der Waals surface area contributed by atoms with Crippen molar-refractivity contribution in [3.05, 3.63) is 81.4 Å². The van der Waals surface area contributed by atoms with E-state index in [0.717, 1.165) is 0 Å². The molecule has 3 aromatic rings. The number of aromatic hydroxyl groups is 2. The minimum absolute atomic E-state index is 0.0271. The highest BCUT2D eigenvalue weighted by molar-refractivity contribution is 6.00. The number of rotatable bonds is 7. The first-order valence-electron chi connectivity index (χ1n) is 12.3. The van der Waals surface area contributed by atoms with Crippen LogP contribution < -0.4 is 4.74 Å². The second kappa shape index (κ2) is 9.30. The summed E-state index contributed by atoms with van der Waals surface area (Å²) in [6.07, 6.45) is -0.125. The van der Waals surface area contributed by atoms with Gasteiger partial charge in [0.05, 0.1) is 23.0 Å². The monoisotopic (exact) mass is 548 g/mol. The molecule has 5 rings (SSSR count). The van der Waals surface area contributed by atoms with Crippen LogP contribution in [-0.4, -0.2) is 49.4 Å². The lowest BCUT2D eigenvalue weighted by Gasteiger charge is -2.37. The fourth-order valence-corrected chi connectivity index (χ4v) is 5.17. The molecule has 2 unspecified atom stereocenters. The number of hydrogen-bond donors (Lipinski definition) is 5. The van der Waals surface area contributed by atoms with Crippen molar-refractivity contribution in [2.75, 3.05) is 0 Å². The van der Waals surface area contributed by atoms with Crippen LogP contribution >= 0.6 is 0 Å². The molecule has 0 aliphatic carbocycles. The van der Waals surface area contributed by atoms with Gasteiger partial charge >= 0.3 is 23.9 Å². The summed E-state index contributed by atoms with van der Waals surface area (Å²) < 4.78 is 12.0. The van der Waals surface area contributed by atoms with Gasteiger partial charge in [-0.05, 0) is 48.2 Å². The first-order chi connectivity index (χ1) is 18.8. The zero-order chi connectivity index (χ0) is 29.1. The molecule has 2 atom stereocenters. The van der Waals surface area contributed by atoms with Crippen molar-refractivity contribution in [3.63, 3.8) is 0 Å². The number of carboxylic acid groups (broad SMARTS) is 3. The summed E-state index contributed by atoms with van der Waals surface area (Å²) in [4.78, 5) is 47.9. The third-order valence-electron chi connectivity index (χ3n) is 7.35. The van der Waals surface area contributed by atoms with Crippen LogP contribution in [0.5, 0.6) is 23.0 Å². The van der Waals surface area contributed by atoms with E-state index in [2.05, 4.69) is 0 Å². The minimum Gasteiger partial charge on any atom is -0.508 e. The Morgan fingerprint density at radius 3 is 1.73 bits per heavy atom. The maximum absolute atomic E-state index is 13.3. The standard InChI is InChI=1S/C29H24O11/c1-12(25(32)33)5-15-8-19-23(10-21(15)30)39-24-11-22(31)16(6-13(2)26(34)35)9-20(24)29(19)18-4-3-14(27(36)37)7-17(18)28(38)40-29/h3-4,7-13,30-31H,5-6H2,1-2H3,(H,32,33)(H,34,35)(H,36,37). The Hall–Kier alpha value is -5.06. The van der Waals surface area contributed by atoms with Crippen LogP contribution in [-0.2, 0) is 32.8 Å². The third kappa shape index (κ3) is 4.06. The number of carboxylic acids is 3. The van der Waals surface area contributed by atoms with Crippen molar-refractivity contribution in [2.45, 2.75) is 32.3 Å². The Kier molecular flexibility index (Phi) is 6.17. The Labute approximate surface area is 226 Å². The van der Waals surface area contributed by atoms with Crippen molar-refractivity contribution in [2.24, 2.45) is 11.8 Å². The highest BCUT2D eigenvalue weighted by Crippen LogP contribution is 2.58. The average molecular weight is 549 g/mol. The molecule has 0 bridgehead atoms. The number of phenolic OH excluding ortho intramolecular Hbond substituents is 2. The molecule has 0 saturated carbocycles. The van der Waals surface area contributed by atoms with Crippen LogP contribution in [0.2, 0.25) is 0 Å². The second-order valence-electron chi connectivity index (χ2n) is 10.1. The maximum Gasteiger partial charge on any atom is 0.340 e.